The summed E-state index contributed by atoms with van der Waals surface area (Å²) in [5, 5.41) is 10.2. The van der Waals surface area contributed by atoms with Gasteiger partial charge in [-0.1, -0.05) is 72.8 Å². The van der Waals surface area contributed by atoms with Crippen LogP contribution in [0.25, 0.3) is 11.1 Å². The average molecular weight is 333 g/mol. The number of benzene rings is 3. The number of hydrogen-bond acceptors (Lipinski definition) is 4. The predicted molar refractivity (Wildman–Crippen MR) is 97.5 cm³/mol. The molecule has 3 aromatic carbocycles. The number of anilines is 1. The van der Waals surface area contributed by atoms with Crippen LogP contribution in [0.2, 0.25) is 0 Å². The van der Waals surface area contributed by atoms with Gasteiger partial charge >= 0.3 is 5.97 Å². The molecule has 0 aromatic heterocycles. The number of nitrogens with two attached hydrogens (primary N) is 1. The van der Waals surface area contributed by atoms with E-state index in [0.29, 0.717) is 11.3 Å². The van der Waals surface area contributed by atoms with Gasteiger partial charge in [-0.05, 0) is 22.8 Å². The molecule has 0 aliphatic carbocycles. The summed E-state index contributed by atoms with van der Waals surface area (Å²) < 4.78 is 5.17. The fraction of sp³-hybridized carbons (Fsp3) is 0.0952. The molecule has 4 heteroatoms. The molecule has 4 nitrogen and oxygen atoms in total. The fourth-order valence-corrected chi connectivity index (χ4v) is 2.55. The molecule has 3 N–H and O–H groups in total. The van der Waals surface area contributed by atoms with Crippen LogP contribution < -0.4 is 5.73 Å². The third kappa shape index (κ3) is 4.05. The van der Waals surface area contributed by atoms with Crippen LogP contribution in [-0.4, -0.2) is 11.1 Å². The fourth-order valence-electron chi connectivity index (χ4n) is 2.55. The van der Waals surface area contributed by atoms with E-state index in [4.69, 9.17) is 10.5 Å². The summed E-state index contributed by atoms with van der Waals surface area (Å²) in [6, 6.07) is 24.0. The Kier molecular flexibility index (Phi) is 5.11. The molecule has 1 atom stereocenters. The predicted octanol–water partition coefficient (Wildman–Crippen LogP) is 3.71. The Morgan fingerprint density at radius 2 is 1.56 bits per heavy atom. The maximum atomic E-state index is 12.0. The van der Waals surface area contributed by atoms with Crippen LogP contribution in [-0.2, 0) is 16.1 Å². The van der Waals surface area contributed by atoms with E-state index in [-0.39, 0.29) is 6.61 Å². The Bertz CT molecular complexity index is 845. The van der Waals surface area contributed by atoms with Crippen LogP contribution >= 0.6 is 0 Å². The van der Waals surface area contributed by atoms with Gasteiger partial charge in [0.1, 0.15) is 6.61 Å². The third-order valence-corrected chi connectivity index (χ3v) is 3.95. The normalized spacial score (nSPS) is 11.7. The largest absolute Gasteiger partial charge is 0.459 e. The molecule has 0 radical (unpaired) electrons. The van der Waals surface area contributed by atoms with E-state index in [1.54, 1.807) is 12.1 Å². The lowest BCUT2D eigenvalue weighted by atomic mass is 10.0. The summed E-state index contributed by atoms with van der Waals surface area (Å²) >= 11 is 0. The highest BCUT2D eigenvalue weighted by Gasteiger charge is 2.19. The topological polar surface area (TPSA) is 72.5 Å². The van der Waals surface area contributed by atoms with Crippen molar-refractivity contribution < 1.29 is 14.6 Å². The second-order valence-electron chi connectivity index (χ2n) is 5.71. The lowest BCUT2D eigenvalue weighted by Crippen LogP contribution is -2.15. The molecular formula is C21H19NO3. The van der Waals surface area contributed by atoms with Crippen molar-refractivity contribution in [1.82, 2.24) is 0 Å². The molecular weight excluding hydrogens is 314 g/mol. The van der Waals surface area contributed by atoms with E-state index in [9.17, 15) is 9.90 Å². The van der Waals surface area contributed by atoms with Crippen LogP contribution in [0.5, 0.6) is 0 Å². The summed E-state index contributed by atoms with van der Waals surface area (Å²) in [4.78, 5) is 12.0. The van der Waals surface area contributed by atoms with Crippen LogP contribution in [0, 0.1) is 0 Å². The number of carbonyl (C=O) groups excluding carboxylic acids is 1. The summed E-state index contributed by atoms with van der Waals surface area (Å²) in [6.07, 6.45) is -1.31. The first kappa shape index (κ1) is 16.7. The van der Waals surface area contributed by atoms with Gasteiger partial charge in [0.05, 0.1) is 0 Å². The number of rotatable bonds is 5. The Hall–Kier alpha value is -3.11. The Labute approximate surface area is 146 Å². The summed E-state index contributed by atoms with van der Waals surface area (Å²) in [5.41, 5.74) is 9.84. The minimum Gasteiger partial charge on any atom is -0.459 e. The molecule has 3 rings (SSSR count). The number of nitrogen functional groups attached to an aromatic ring is 1. The first-order valence-electron chi connectivity index (χ1n) is 7.98. The van der Waals surface area contributed by atoms with Crippen molar-refractivity contribution in [3.05, 3.63) is 90.0 Å². The second-order valence-corrected chi connectivity index (χ2v) is 5.71. The number of carbonyl (C=O) groups is 1. The first-order chi connectivity index (χ1) is 12.1. The molecule has 0 saturated carbocycles. The van der Waals surface area contributed by atoms with E-state index in [2.05, 4.69) is 0 Å². The molecule has 0 saturated heterocycles. The Morgan fingerprint density at radius 1 is 0.920 bits per heavy atom. The molecule has 0 aliphatic rings. The van der Waals surface area contributed by atoms with Gasteiger partial charge in [-0.25, -0.2) is 4.79 Å². The van der Waals surface area contributed by atoms with E-state index >= 15 is 0 Å². The van der Waals surface area contributed by atoms with Crippen LogP contribution in [0.4, 0.5) is 5.69 Å². The SMILES string of the molecule is Nc1ccccc1-c1ccc(C(O)C(=O)OCc2ccccc2)cc1. The van der Waals surface area contributed by atoms with Gasteiger partial charge in [0.15, 0.2) is 6.10 Å². The average Bonchev–Trinajstić information content (AvgIpc) is 2.67. The maximum absolute atomic E-state index is 12.0. The van der Waals surface area contributed by atoms with Gasteiger partial charge in [0.2, 0.25) is 0 Å². The zero-order valence-corrected chi connectivity index (χ0v) is 13.6. The van der Waals surface area contributed by atoms with E-state index in [1.165, 1.54) is 0 Å². The van der Waals surface area contributed by atoms with Crippen molar-refractivity contribution >= 4 is 11.7 Å². The number of para-hydroxylation sites is 1. The molecule has 3 aromatic rings. The molecule has 0 fully saturated rings. The van der Waals surface area contributed by atoms with Crippen molar-refractivity contribution in [3.63, 3.8) is 0 Å². The number of esters is 1. The molecule has 0 bridgehead atoms. The highest BCUT2D eigenvalue weighted by molar-refractivity contribution is 5.78. The number of ether oxygens (including phenoxy) is 1. The van der Waals surface area contributed by atoms with Gasteiger partial charge in [0, 0.05) is 11.3 Å². The number of aliphatic hydroxyl groups is 1. The molecule has 0 amide bonds. The molecule has 25 heavy (non-hydrogen) atoms. The van der Waals surface area contributed by atoms with E-state index in [0.717, 1.165) is 16.7 Å². The molecule has 0 spiro atoms. The highest BCUT2D eigenvalue weighted by Crippen LogP contribution is 2.27. The van der Waals surface area contributed by atoms with E-state index < -0.39 is 12.1 Å². The van der Waals surface area contributed by atoms with Crippen molar-refractivity contribution in [3.8, 4) is 11.1 Å². The number of hydrogen-bond donors (Lipinski definition) is 2. The highest BCUT2D eigenvalue weighted by atomic mass is 16.5. The maximum Gasteiger partial charge on any atom is 0.339 e. The van der Waals surface area contributed by atoms with Crippen molar-refractivity contribution in [2.75, 3.05) is 5.73 Å². The molecule has 1 unspecified atom stereocenters. The minimum absolute atomic E-state index is 0.134. The quantitative estimate of drug-likeness (QED) is 0.551. The molecule has 0 aliphatic heterocycles. The zero-order chi connectivity index (χ0) is 17.6. The van der Waals surface area contributed by atoms with Gasteiger partial charge in [-0.2, -0.15) is 0 Å². The Balaban J connectivity index is 1.67. The first-order valence-corrected chi connectivity index (χ1v) is 7.98. The standard InChI is InChI=1S/C21H19NO3/c22-19-9-5-4-8-18(19)16-10-12-17(13-11-16)20(23)21(24)25-14-15-6-2-1-3-7-15/h1-13,20,23H,14,22H2. The summed E-state index contributed by atoms with van der Waals surface area (Å²) in [5.74, 6) is -0.671. The zero-order valence-electron chi connectivity index (χ0n) is 13.6. The Morgan fingerprint density at radius 3 is 2.24 bits per heavy atom. The smallest absolute Gasteiger partial charge is 0.339 e. The monoisotopic (exact) mass is 333 g/mol. The third-order valence-electron chi connectivity index (χ3n) is 3.95. The lowest BCUT2D eigenvalue weighted by molar-refractivity contribution is -0.155. The van der Waals surface area contributed by atoms with Crippen LogP contribution in [0.1, 0.15) is 17.2 Å². The molecule has 0 heterocycles. The van der Waals surface area contributed by atoms with Gasteiger partial charge in [-0.15, -0.1) is 0 Å². The van der Waals surface area contributed by atoms with Crippen molar-refractivity contribution in [2.24, 2.45) is 0 Å². The van der Waals surface area contributed by atoms with Gasteiger partial charge in [-0.3, -0.25) is 0 Å². The minimum atomic E-state index is -1.31. The number of aliphatic hydroxyl groups excluding tert-OH is 1. The van der Waals surface area contributed by atoms with Gasteiger partial charge < -0.3 is 15.6 Å². The second kappa shape index (κ2) is 7.64. The van der Waals surface area contributed by atoms with Crippen LogP contribution in [0.3, 0.4) is 0 Å². The summed E-state index contributed by atoms with van der Waals surface area (Å²) in [7, 11) is 0. The van der Waals surface area contributed by atoms with Crippen molar-refractivity contribution in [1.29, 1.82) is 0 Å². The molecule has 126 valence electrons. The lowest BCUT2D eigenvalue weighted by Gasteiger charge is -2.12. The summed E-state index contributed by atoms with van der Waals surface area (Å²) in [6.45, 7) is 0.134. The van der Waals surface area contributed by atoms with E-state index in [1.807, 2.05) is 66.7 Å². The van der Waals surface area contributed by atoms with Gasteiger partial charge in [0.25, 0.3) is 0 Å². The van der Waals surface area contributed by atoms with Crippen molar-refractivity contribution in [2.45, 2.75) is 12.7 Å². The van der Waals surface area contributed by atoms with Crippen LogP contribution in [0.15, 0.2) is 78.9 Å².